The van der Waals surface area contributed by atoms with E-state index in [0.29, 0.717) is 5.69 Å². The van der Waals surface area contributed by atoms with Gasteiger partial charge in [-0.2, -0.15) is 0 Å². The van der Waals surface area contributed by atoms with Gasteiger partial charge in [-0.05, 0) is 32.9 Å². The summed E-state index contributed by atoms with van der Waals surface area (Å²) in [5, 5.41) is 2.92. The number of rotatable bonds is 2. The maximum atomic E-state index is 12.1. The zero-order valence-electron chi connectivity index (χ0n) is 11.8. The van der Waals surface area contributed by atoms with Gasteiger partial charge in [0.05, 0.1) is 13.2 Å². The van der Waals surface area contributed by atoms with Crippen molar-refractivity contribution in [2.45, 2.75) is 26.3 Å². The molecule has 1 aliphatic rings. The Balaban J connectivity index is 2.12. The van der Waals surface area contributed by atoms with E-state index in [-0.39, 0.29) is 11.4 Å². The lowest BCUT2D eigenvalue weighted by molar-refractivity contribution is 0.0914. The van der Waals surface area contributed by atoms with Crippen molar-refractivity contribution >= 4 is 11.6 Å². The van der Waals surface area contributed by atoms with Crippen LogP contribution in [0.25, 0.3) is 0 Å². The zero-order chi connectivity index (χ0) is 13.9. The van der Waals surface area contributed by atoms with Crippen LogP contribution in [0, 0.1) is 0 Å². The Hall–Kier alpha value is -1.62. The molecule has 1 fully saturated rings. The number of nitrogens with zero attached hydrogens (tertiary/aromatic N) is 2. The topological polar surface area (TPSA) is 54.5 Å². The molecule has 104 valence electrons. The van der Waals surface area contributed by atoms with Gasteiger partial charge in [0, 0.05) is 30.5 Å². The molecule has 2 rings (SSSR count). The third kappa shape index (κ3) is 3.92. The number of hydrogen-bond acceptors (Lipinski definition) is 4. The molecular weight excluding hydrogens is 242 g/mol. The summed E-state index contributed by atoms with van der Waals surface area (Å²) >= 11 is 0. The van der Waals surface area contributed by atoms with E-state index in [1.165, 1.54) is 0 Å². The number of nitrogens with one attached hydrogen (secondary N) is 1. The molecule has 0 unspecified atom stereocenters. The molecule has 1 aromatic heterocycles. The van der Waals surface area contributed by atoms with E-state index in [2.05, 4.69) is 15.2 Å². The average Bonchev–Trinajstić information content (AvgIpc) is 2.38. The van der Waals surface area contributed by atoms with Crippen molar-refractivity contribution in [3.63, 3.8) is 0 Å². The number of carbonyl (C=O) groups excluding carboxylic acids is 1. The molecule has 19 heavy (non-hydrogen) atoms. The molecule has 0 radical (unpaired) electrons. The van der Waals surface area contributed by atoms with Crippen molar-refractivity contribution in [2.75, 3.05) is 31.2 Å². The first kappa shape index (κ1) is 13.8. The van der Waals surface area contributed by atoms with Crippen molar-refractivity contribution in [3.8, 4) is 0 Å². The van der Waals surface area contributed by atoms with E-state index in [9.17, 15) is 4.79 Å². The summed E-state index contributed by atoms with van der Waals surface area (Å²) in [7, 11) is 0. The van der Waals surface area contributed by atoms with Crippen LogP contribution < -0.4 is 10.2 Å². The van der Waals surface area contributed by atoms with Crippen LogP contribution in [0.1, 0.15) is 31.3 Å². The van der Waals surface area contributed by atoms with Gasteiger partial charge < -0.3 is 15.0 Å². The van der Waals surface area contributed by atoms with Crippen molar-refractivity contribution in [1.82, 2.24) is 10.3 Å². The van der Waals surface area contributed by atoms with Crippen LogP contribution in [-0.4, -0.2) is 42.7 Å². The molecule has 0 spiro atoms. The van der Waals surface area contributed by atoms with Crippen molar-refractivity contribution < 1.29 is 9.53 Å². The van der Waals surface area contributed by atoms with Gasteiger partial charge in [-0.25, -0.2) is 0 Å². The second-order valence-electron chi connectivity index (χ2n) is 5.70. The Morgan fingerprint density at radius 2 is 2.05 bits per heavy atom. The van der Waals surface area contributed by atoms with Crippen LogP contribution in [-0.2, 0) is 4.74 Å². The predicted octanol–water partition coefficient (Wildman–Crippen LogP) is 1.45. The molecule has 2 heterocycles. The van der Waals surface area contributed by atoms with Gasteiger partial charge in [-0.15, -0.1) is 0 Å². The highest BCUT2D eigenvalue weighted by atomic mass is 16.5. The molecule has 1 amide bonds. The van der Waals surface area contributed by atoms with E-state index in [0.717, 1.165) is 32.0 Å². The molecular formula is C14H21N3O2. The van der Waals surface area contributed by atoms with Gasteiger partial charge in [-0.3, -0.25) is 9.78 Å². The van der Waals surface area contributed by atoms with E-state index in [1.807, 2.05) is 32.9 Å². The Labute approximate surface area is 114 Å². The molecule has 1 aromatic rings. The summed E-state index contributed by atoms with van der Waals surface area (Å²) < 4.78 is 5.33. The summed E-state index contributed by atoms with van der Waals surface area (Å²) in [5.41, 5.74) is 1.23. The van der Waals surface area contributed by atoms with Gasteiger partial charge in [-0.1, -0.05) is 0 Å². The van der Waals surface area contributed by atoms with Gasteiger partial charge in [0.15, 0.2) is 0 Å². The first-order valence-electron chi connectivity index (χ1n) is 6.57. The van der Waals surface area contributed by atoms with E-state index in [4.69, 9.17) is 4.74 Å². The van der Waals surface area contributed by atoms with Crippen molar-refractivity contribution in [3.05, 3.63) is 24.0 Å². The Morgan fingerprint density at radius 3 is 2.68 bits per heavy atom. The standard InChI is InChI=1S/C14H21N3O2/c1-14(2,3)16-13(18)12-10-11(4-5-15-12)17-6-8-19-9-7-17/h4-5,10H,6-9H2,1-3H3,(H,16,18). The first-order chi connectivity index (χ1) is 8.96. The van der Waals surface area contributed by atoms with Crippen LogP contribution in [0.5, 0.6) is 0 Å². The maximum Gasteiger partial charge on any atom is 0.270 e. The molecule has 5 nitrogen and oxygen atoms in total. The lowest BCUT2D eigenvalue weighted by atomic mass is 10.1. The van der Waals surface area contributed by atoms with Crippen molar-refractivity contribution in [1.29, 1.82) is 0 Å². The minimum absolute atomic E-state index is 0.136. The monoisotopic (exact) mass is 263 g/mol. The minimum atomic E-state index is -0.256. The van der Waals surface area contributed by atoms with E-state index in [1.54, 1.807) is 6.20 Å². The largest absolute Gasteiger partial charge is 0.378 e. The lowest BCUT2D eigenvalue weighted by Gasteiger charge is -2.29. The number of anilines is 1. The van der Waals surface area contributed by atoms with Crippen LogP contribution in [0.3, 0.4) is 0 Å². The third-order valence-electron chi connectivity index (χ3n) is 2.84. The maximum absolute atomic E-state index is 12.1. The molecule has 0 aromatic carbocycles. The number of ether oxygens (including phenoxy) is 1. The number of aromatic nitrogens is 1. The number of morpholine rings is 1. The highest BCUT2D eigenvalue weighted by molar-refractivity contribution is 5.93. The normalized spacial score (nSPS) is 16.3. The second kappa shape index (κ2) is 5.57. The van der Waals surface area contributed by atoms with E-state index >= 15 is 0 Å². The van der Waals surface area contributed by atoms with Crippen LogP contribution in [0.4, 0.5) is 5.69 Å². The smallest absolute Gasteiger partial charge is 0.270 e. The number of amides is 1. The van der Waals surface area contributed by atoms with Crippen LogP contribution in [0.15, 0.2) is 18.3 Å². The first-order valence-corrected chi connectivity index (χ1v) is 6.57. The zero-order valence-corrected chi connectivity index (χ0v) is 11.8. The Bertz CT molecular complexity index is 448. The highest BCUT2D eigenvalue weighted by Gasteiger charge is 2.18. The summed E-state index contributed by atoms with van der Waals surface area (Å²) in [5.74, 6) is -0.136. The number of carbonyl (C=O) groups is 1. The minimum Gasteiger partial charge on any atom is -0.378 e. The second-order valence-corrected chi connectivity index (χ2v) is 5.70. The summed E-state index contributed by atoms with van der Waals surface area (Å²) in [6, 6.07) is 3.77. The molecule has 0 atom stereocenters. The fourth-order valence-electron chi connectivity index (χ4n) is 1.97. The van der Waals surface area contributed by atoms with Gasteiger partial charge in [0.25, 0.3) is 5.91 Å². The molecule has 0 aliphatic carbocycles. The number of hydrogen-bond donors (Lipinski definition) is 1. The predicted molar refractivity (Wildman–Crippen MR) is 74.5 cm³/mol. The SMILES string of the molecule is CC(C)(C)NC(=O)c1cc(N2CCOCC2)ccn1. The summed E-state index contributed by atoms with van der Waals surface area (Å²) in [4.78, 5) is 18.4. The highest BCUT2D eigenvalue weighted by Crippen LogP contribution is 2.16. The average molecular weight is 263 g/mol. The fourth-order valence-corrected chi connectivity index (χ4v) is 1.97. The molecule has 0 bridgehead atoms. The Morgan fingerprint density at radius 1 is 1.37 bits per heavy atom. The molecule has 5 heteroatoms. The van der Waals surface area contributed by atoms with Gasteiger partial charge in [0.1, 0.15) is 5.69 Å². The Kier molecular flexibility index (Phi) is 4.04. The van der Waals surface area contributed by atoms with Crippen molar-refractivity contribution in [2.24, 2.45) is 0 Å². The quantitative estimate of drug-likeness (QED) is 0.877. The number of pyridine rings is 1. The van der Waals surface area contributed by atoms with E-state index < -0.39 is 0 Å². The lowest BCUT2D eigenvalue weighted by Crippen LogP contribution is -2.41. The van der Waals surface area contributed by atoms with Crippen LogP contribution in [0.2, 0.25) is 0 Å². The molecule has 1 aliphatic heterocycles. The molecule has 1 N–H and O–H groups in total. The fraction of sp³-hybridized carbons (Fsp3) is 0.571. The molecule has 1 saturated heterocycles. The van der Waals surface area contributed by atoms with Crippen LogP contribution >= 0.6 is 0 Å². The van der Waals surface area contributed by atoms with Gasteiger partial charge >= 0.3 is 0 Å². The summed E-state index contributed by atoms with van der Waals surface area (Å²) in [6.07, 6.45) is 1.68. The third-order valence-corrected chi connectivity index (χ3v) is 2.84. The summed E-state index contributed by atoms with van der Waals surface area (Å²) in [6.45, 7) is 9.02. The van der Waals surface area contributed by atoms with Gasteiger partial charge in [0.2, 0.25) is 0 Å². The molecule has 0 saturated carbocycles.